The molecule has 7 nitrogen and oxygen atoms in total. The van der Waals surface area contributed by atoms with Crippen LogP contribution in [0.5, 0.6) is 0 Å². The van der Waals surface area contributed by atoms with Gasteiger partial charge in [-0.1, -0.05) is 0 Å². The molecule has 0 aliphatic heterocycles. The topological polar surface area (TPSA) is 67.2 Å². The smallest absolute Gasteiger partial charge is 0.259 e. The average molecular weight is 395 g/mol. The Hall–Kier alpha value is 0.110. The molecule has 0 N–H and O–H groups in total. The van der Waals surface area contributed by atoms with E-state index in [-0.39, 0.29) is 0 Å². The van der Waals surface area contributed by atoms with Crippen LogP contribution in [0.15, 0.2) is 0 Å². The third-order valence-electron chi connectivity index (χ3n) is 3.41. The minimum absolute atomic E-state index is 0.317. The van der Waals surface area contributed by atoms with Crippen molar-refractivity contribution in [1.82, 2.24) is 9.57 Å². The summed E-state index contributed by atoms with van der Waals surface area (Å²) in [5.74, 6) is 0. The van der Waals surface area contributed by atoms with E-state index < -0.39 is 16.9 Å². The lowest BCUT2D eigenvalue weighted by Gasteiger charge is -2.35. The molecule has 0 amide bonds. The SMILES string of the molecule is COP(CCN(C)CCOP(OCCC#N)N(C(C)C)C(C)C)OC. The first-order valence-electron chi connectivity index (χ1n) is 8.62. The van der Waals surface area contributed by atoms with Gasteiger partial charge in [0.25, 0.3) is 8.53 Å². The fraction of sp³-hybridized carbons (Fsp3) is 0.938. The van der Waals surface area contributed by atoms with Gasteiger partial charge >= 0.3 is 0 Å². The van der Waals surface area contributed by atoms with Crippen molar-refractivity contribution in [3.8, 4) is 6.07 Å². The van der Waals surface area contributed by atoms with Crippen LogP contribution in [-0.4, -0.2) is 75.4 Å². The van der Waals surface area contributed by atoms with Crippen LogP contribution in [0.25, 0.3) is 0 Å². The van der Waals surface area contributed by atoms with Crippen molar-refractivity contribution in [3.63, 3.8) is 0 Å². The minimum Gasteiger partial charge on any atom is -0.337 e. The third kappa shape index (κ3) is 11.4. The van der Waals surface area contributed by atoms with Crippen molar-refractivity contribution < 1.29 is 18.1 Å². The van der Waals surface area contributed by atoms with Gasteiger partial charge in [0.05, 0.1) is 25.7 Å². The Kier molecular flexibility index (Phi) is 15.3. The van der Waals surface area contributed by atoms with E-state index in [1.807, 2.05) is 0 Å². The van der Waals surface area contributed by atoms with E-state index in [0.717, 1.165) is 19.3 Å². The molecule has 0 aliphatic rings. The van der Waals surface area contributed by atoms with Gasteiger partial charge in [0.15, 0.2) is 8.38 Å². The van der Waals surface area contributed by atoms with Crippen molar-refractivity contribution in [2.75, 3.05) is 53.7 Å². The van der Waals surface area contributed by atoms with E-state index in [9.17, 15) is 0 Å². The zero-order valence-electron chi connectivity index (χ0n) is 16.8. The van der Waals surface area contributed by atoms with Gasteiger partial charge in [0.2, 0.25) is 0 Å². The zero-order valence-corrected chi connectivity index (χ0v) is 18.6. The molecule has 0 radical (unpaired) electrons. The number of hydrogen-bond acceptors (Lipinski definition) is 7. The normalized spacial score (nSPS) is 13.4. The zero-order chi connectivity index (χ0) is 19.2. The predicted molar refractivity (Wildman–Crippen MR) is 104 cm³/mol. The lowest BCUT2D eigenvalue weighted by Crippen LogP contribution is -2.34. The monoisotopic (exact) mass is 395 g/mol. The Bertz CT molecular complexity index is 358. The lowest BCUT2D eigenvalue weighted by atomic mass is 10.3. The molecule has 0 aromatic carbocycles. The Morgan fingerprint density at radius 3 is 2.00 bits per heavy atom. The summed E-state index contributed by atoms with van der Waals surface area (Å²) in [6.07, 6.45) is 1.25. The maximum Gasteiger partial charge on any atom is 0.259 e. The Morgan fingerprint density at radius 2 is 1.52 bits per heavy atom. The van der Waals surface area contributed by atoms with E-state index in [0.29, 0.717) is 31.7 Å². The summed E-state index contributed by atoms with van der Waals surface area (Å²) >= 11 is 0. The molecule has 0 bridgehead atoms. The highest BCUT2D eigenvalue weighted by Gasteiger charge is 2.27. The summed E-state index contributed by atoms with van der Waals surface area (Å²) in [4.78, 5) is 2.20. The summed E-state index contributed by atoms with van der Waals surface area (Å²) < 4.78 is 24.7. The molecule has 0 aliphatic carbocycles. The van der Waals surface area contributed by atoms with Crippen LogP contribution >= 0.6 is 16.9 Å². The molecular weight excluding hydrogens is 360 g/mol. The first-order chi connectivity index (χ1) is 11.9. The predicted octanol–water partition coefficient (Wildman–Crippen LogP) is 3.82. The van der Waals surface area contributed by atoms with Crippen LogP contribution in [0, 0.1) is 11.3 Å². The average Bonchev–Trinajstić information content (AvgIpc) is 2.55. The van der Waals surface area contributed by atoms with E-state index in [1.54, 1.807) is 14.2 Å². The van der Waals surface area contributed by atoms with Crippen LogP contribution in [0.4, 0.5) is 0 Å². The van der Waals surface area contributed by atoms with Crippen LogP contribution < -0.4 is 0 Å². The first-order valence-corrected chi connectivity index (χ1v) is 11.1. The molecule has 0 aromatic rings. The molecule has 0 rings (SSSR count). The standard InChI is InChI=1S/C16H35N3O4P2/c1-15(2)19(16(3)4)25(22-12-8-9-17)23-13-10-18(5)11-14-24(20-6)21-7/h15-16H,8,10-14H2,1-7H3. The van der Waals surface area contributed by atoms with Crippen molar-refractivity contribution in [1.29, 1.82) is 5.26 Å². The fourth-order valence-corrected chi connectivity index (χ4v) is 4.81. The summed E-state index contributed by atoms with van der Waals surface area (Å²) in [7, 11) is 3.45. The van der Waals surface area contributed by atoms with E-state index in [2.05, 4.69) is 50.4 Å². The first kappa shape index (κ1) is 25.1. The number of rotatable bonds is 15. The highest BCUT2D eigenvalue weighted by atomic mass is 31.2. The second kappa shape index (κ2) is 15.2. The Morgan fingerprint density at radius 1 is 0.960 bits per heavy atom. The van der Waals surface area contributed by atoms with Crippen LogP contribution in [0.1, 0.15) is 34.1 Å². The Balaban J connectivity index is 4.43. The molecule has 0 aromatic heterocycles. The van der Waals surface area contributed by atoms with Gasteiger partial charge in [-0.3, -0.25) is 0 Å². The summed E-state index contributed by atoms with van der Waals surface area (Å²) in [5.41, 5.74) is 0. The van der Waals surface area contributed by atoms with Crippen molar-refractivity contribution in [2.45, 2.75) is 46.2 Å². The Labute approximate surface area is 156 Å². The third-order valence-corrected chi connectivity index (χ3v) is 6.90. The number of nitrogens with zero attached hydrogens (tertiary/aromatic N) is 3. The summed E-state index contributed by atoms with van der Waals surface area (Å²) in [5, 5.41) is 8.73. The lowest BCUT2D eigenvalue weighted by molar-refractivity contribution is 0.163. The molecule has 25 heavy (non-hydrogen) atoms. The molecular formula is C16H35N3O4P2. The molecule has 0 spiro atoms. The summed E-state index contributed by atoms with van der Waals surface area (Å²) in [6, 6.07) is 2.75. The molecule has 0 fully saturated rings. The van der Waals surface area contributed by atoms with Crippen LogP contribution in [0.2, 0.25) is 0 Å². The molecule has 0 saturated heterocycles. The van der Waals surface area contributed by atoms with Crippen LogP contribution in [-0.2, 0) is 18.1 Å². The van der Waals surface area contributed by atoms with Gasteiger partial charge in [-0.05, 0) is 34.7 Å². The molecule has 0 heterocycles. The molecule has 1 unspecified atom stereocenters. The quantitative estimate of drug-likeness (QED) is 0.308. The number of nitriles is 1. The number of hydrogen-bond donors (Lipinski definition) is 0. The van der Waals surface area contributed by atoms with Gasteiger partial charge in [-0.2, -0.15) is 5.26 Å². The summed E-state index contributed by atoms with van der Waals surface area (Å²) in [6.45, 7) is 11.2. The number of likely N-dealkylation sites (N-methyl/N-ethyl adjacent to an activating group) is 1. The molecule has 148 valence electrons. The minimum atomic E-state index is -1.16. The second-order valence-corrected chi connectivity index (χ2v) is 9.40. The highest BCUT2D eigenvalue weighted by molar-refractivity contribution is 7.47. The van der Waals surface area contributed by atoms with E-state index in [4.69, 9.17) is 23.4 Å². The largest absolute Gasteiger partial charge is 0.337 e. The van der Waals surface area contributed by atoms with Crippen molar-refractivity contribution in [3.05, 3.63) is 0 Å². The van der Waals surface area contributed by atoms with Gasteiger partial charge in [0.1, 0.15) is 0 Å². The fourth-order valence-electron chi connectivity index (χ4n) is 2.21. The van der Waals surface area contributed by atoms with E-state index in [1.165, 1.54) is 0 Å². The maximum absolute atomic E-state index is 8.73. The molecule has 1 atom stereocenters. The molecule has 9 heteroatoms. The van der Waals surface area contributed by atoms with Crippen molar-refractivity contribution >= 4 is 16.9 Å². The maximum atomic E-state index is 8.73. The second-order valence-electron chi connectivity index (χ2n) is 6.10. The van der Waals surface area contributed by atoms with Crippen LogP contribution in [0.3, 0.4) is 0 Å². The van der Waals surface area contributed by atoms with E-state index >= 15 is 0 Å². The van der Waals surface area contributed by atoms with Crippen molar-refractivity contribution in [2.24, 2.45) is 0 Å². The van der Waals surface area contributed by atoms with Gasteiger partial charge in [0, 0.05) is 45.6 Å². The van der Waals surface area contributed by atoms with Gasteiger partial charge < -0.3 is 23.0 Å². The van der Waals surface area contributed by atoms with Gasteiger partial charge in [-0.25, -0.2) is 4.67 Å². The molecule has 0 saturated carbocycles. The highest BCUT2D eigenvalue weighted by Crippen LogP contribution is 2.45. The van der Waals surface area contributed by atoms with Gasteiger partial charge in [-0.15, -0.1) is 0 Å².